The topological polar surface area (TPSA) is 38.3 Å². The number of carbonyl (C=O) groups is 1. The average molecular weight is 289 g/mol. The highest BCUT2D eigenvalue weighted by Crippen LogP contribution is 2.13. The lowest BCUT2D eigenvalue weighted by Gasteiger charge is -2.09. The molecule has 1 heterocycles. The highest BCUT2D eigenvalue weighted by Gasteiger charge is 2.11. The number of esters is 1. The summed E-state index contributed by atoms with van der Waals surface area (Å²) in [6.07, 6.45) is 1.61. The van der Waals surface area contributed by atoms with Crippen molar-refractivity contribution >= 4 is 17.3 Å². The third-order valence-electron chi connectivity index (χ3n) is 3.04. The van der Waals surface area contributed by atoms with E-state index in [4.69, 9.17) is 4.74 Å². The van der Waals surface area contributed by atoms with E-state index in [9.17, 15) is 4.79 Å². The van der Waals surface area contributed by atoms with Crippen molar-refractivity contribution in [3.63, 3.8) is 0 Å². The molecule has 0 bridgehead atoms. The highest BCUT2D eigenvalue weighted by atomic mass is 32.1. The third-order valence-corrected chi connectivity index (χ3v) is 3.98. The number of nitrogens with one attached hydrogen (secondary N) is 1. The van der Waals surface area contributed by atoms with E-state index in [1.165, 1.54) is 4.88 Å². The monoisotopic (exact) mass is 289 g/mol. The molecule has 0 saturated carbocycles. The Morgan fingerprint density at radius 2 is 2.05 bits per heavy atom. The molecule has 20 heavy (non-hydrogen) atoms. The second kappa shape index (κ2) is 7.82. The summed E-state index contributed by atoms with van der Waals surface area (Å²) in [6, 6.07) is 11.7. The van der Waals surface area contributed by atoms with E-state index >= 15 is 0 Å². The number of thiophene rings is 1. The first kappa shape index (κ1) is 14.8. The molecule has 2 aromatic rings. The molecule has 0 spiro atoms. The smallest absolute Gasteiger partial charge is 0.338 e. The van der Waals surface area contributed by atoms with Gasteiger partial charge in [0.15, 0.2) is 0 Å². The van der Waals surface area contributed by atoms with Gasteiger partial charge in [-0.3, -0.25) is 0 Å². The van der Waals surface area contributed by atoms with Gasteiger partial charge in [-0.15, -0.1) is 11.3 Å². The van der Waals surface area contributed by atoms with Crippen LogP contribution in [0.3, 0.4) is 0 Å². The van der Waals surface area contributed by atoms with E-state index in [1.807, 2.05) is 42.8 Å². The Labute approximate surface area is 123 Å². The first-order valence-electron chi connectivity index (χ1n) is 6.73. The lowest BCUT2D eigenvalue weighted by atomic mass is 10.0. The Morgan fingerprint density at radius 1 is 1.20 bits per heavy atom. The second-order valence-electron chi connectivity index (χ2n) is 4.48. The average Bonchev–Trinajstić information content (AvgIpc) is 2.98. The Bertz CT molecular complexity index is 537. The molecule has 0 atom stereocenters. The van der Waals surface area contributed by atoms with Gasteiger partial charge in [0.2, 0.25) is 0 Å². The van der Waals surface area contributed by atoms with Crippen molar-refractivity contribution in [1.29, 1.82) is 0 Å². The molecule has 0 aliphatic carbocycles. The van der Waals surface area contributed by atoms with E-state index in [0.29, 0.717) is 12.2 Å². The Morgan fingerprint density at radius 3 is 2.80 bits per heavy atom. The van der Waals surface area contributed by atoms with E-state index in [-0.39, 0.29) is 5.97 Å². The molecule has 106 valence electrons. The van der Waals surface area contributed by atoms with Gasteiger partial charge in [0, 0.05) is 11.3 Å². The molecular weight excluding hydrogens is 270 g/mol. The fourth-order valence-electron chi connectivity index (χ4n) is 1.97. The minimum absolute atomic E-state index is 0.228. The Hall–Kier alpha value is -1.65. The molecule has 0 fully saturated rings. The predicted molar refractivity (Wildman–Crippen MR) is 82.4 cm³/mol. The summed E-state index contributed by atoms with van der Waals surface area (Å²) in [6.45, 7) is 1.28. The van der Waals surface area contributed by atoms with Crippen molar-refractivity contribution < 1.29 is 9.53 Å². The van der Waals surface area contributed by atoms with E-state index < -0.39 is 0 Å². The van der Waals surface area contributed by atoms with Gasteiger partial charge in [-0.1, -0.05) is 24.3 Å². The molecule has 0 aliphatic rings. The Balaban J connectivity index is 1.91. The maximum Gasteiger partial charge on any atom is 0.338 e. The van der Waals surface area contributed by atoms with Crippen LogP contribution in [0.2, 0.25) is 0 Å². The first-order chi connectivity index (χ1) is 9.81. The molecule has 0 saturated heterocycles. The molecule has 0 amide bonds. The fourth-order valence-corrected chi connectivity index (χ4v) is 2.66. The Kier molecular flexibility index (Phi) is 5.77. The summed E-state index contributed by atoms with van der Waals surface area (Å²) < 4.78 is 5.37. The van der Waals surface area contributed by atoms with Gasteiger partial charge in [-0.25, -0.2) is 4.79 Å². The summed E-state index contributed by atoms with van der Waals surface area (Å²) in [7, 11) is 1.90. The lowest BCUT2D eigenvalue weighted by Crippen LogP contribution is -2.15. The van der Waals surface area contributed by atoms with Crippen molar-refractivity contribution in [2.24, 2.45) is 0 Å². The number of likely N-dealkylation sites (N-methyl/N-ethyl adjacent to an activating group) is 1. The predicted octanol–water partition coefficient (Wildman–Crippen LogP) is 2.91. The summed E-state index contributed by atoms with van der Waals surface area (Å²) >= 11 is 1.69. The number of rotatable bonds is 7. The molecule has 0 radical (unpaired) electrons. The SMILES string of the molecule is CNCCc1ccccc1C(=O)OCCc1cccs1. The van der Waals surface area contributed by atoms with Crippen molar-refractivity contribution in [3.8, 4) is 0 Å². The van der Waals surface area contributed by atoms with Crippen LogP contribution in [0.4, 0.5) is 0 Å². The van der Waals surface area contributed by atoms with Crippen LogP contribution in [0.1, 0.15) is 20.8 Å². The van der Waals surface area contributed by atoms with Crippen LogP contribution in [0, 0.1) is 0 Å². The number of ether oxygens (including phenoxy) is 1. The summed E-state index contributed by atoms with van der Waals surface area (Å²) in [5.74, 6) is -0.228. The van der Waals surface area contributed by atoms with Crippen LogP contribution in [0.25, 0.3) is 0 Å². The van der Waals surface area contributed by atoms with Gasteiger partial charge in [0.1, 0.15) is 0 Å². The van der Waals surface area contributed by atoms with E-state index in [0.717, 1.165) is 24.9 Å². The minimum atomic E-state index is -0.228. The zero-order valence-electron chi connectivity index (χ0n) is 11.6. The molecule has 1 N–H and O–H groups in total. The van der Waals surface area contributed by atoms with Crippen LogP contribution >= 0.6 is 11.3 Å². The van der Waals surface area contributed by atoms with Crippen LogP contribution in [0.15, 0.2) is 41.8 Å². The summed E-state index contributed by atoms with van der Waals surface area (Å²) in [4.78, 5) is 13.4. The third kappa shape index (κ3) is 4.18. The molecule has 3 nitrogen and oxygen atoms in total. The fraction of sp³-hybridized carbons (Fsp3) is 0.312. The molecule has 1 aromatic carbocycles. The minimum Gasteiger partial charge on any atom is -0.462 e. The van der Waals surface area contributed by atoms with Crippen LogP contribution in [-0.2, 0) is 17.6 Å². The molecule has 0 aliphatic heterocycles. The van der Waals surface area contributed by atoms with Gasteiger partial charge in [-0.2, -0.15) is 0 Å². The van der Waals surface area contributed by atoms with Gasteiger partial charge < -0.3 is 10.1 Å². The van der Waals surface area contributed by atoms with Crippen LogP contribution < -0.4 is 5.32 Å². The van der Waals surface area contributed by atoms with Gasteiger partial charge >= 0.3 is 5.97 Å². The molecular formula is C16H19NO2S. The highest BCUT2D eigenvalue weighted by molar-refractivity contribution is 7.09. The van der Waals surface area contributed by atoms with E-state index in [1.54, 1.807) is 11.3 Å². The molecule has 0 unspecified atom stereocenters. The molecule has 1 aromatic heterocycles. The summed E-state index contributed by atoms with van der Waals surface area (Å²) in [5, 5.41) is 5.13. The van der Waals surface area contributed by atoms with Gasteiger partial charge in [-0.05, 0) is 43.1 Å². The van der Waals surface area contributed by atoms with Crippen molar-refractivity contribution in [3.05, 3.63) is 57.8 Å². The maximum absolute atomic E-state index is 12.1. The van der Waals surface area contributed by atoms with Crippen LogP contribution in [0.5, 0.6) is 0 Å². The zero-order chi connectivity index (χ0) is 14.2. The van der Waals surface area contributed by atoms with Crippen LogP contribution in [-0.4, -0.2) is 26.2 Å². The zero-order valence-corrected chi connectivity index (χ0v) is 12.4. The van der Waals surface area contributed by atoms with Crippen molar-refractivity contribution in [2.45, 2.75) is 12.8 Å². The maximum atomic E-state index is 12.1. The number of hydrogen-bond acceptors (Lipinski definition) is 4. The van der Waals surface area contributed by atoms with Crippen molar-refractivity contribution in [2.75, 3.05) is 20.2 Å². The lowest BCUT2D eigenvalue weighted by molar-refractivity contribution is 0.0508. The second-order valence-corrected chi connectivity index (χ2v) is 5.51. The standard InChI is InChI=1S/C16H19NO2S/c1-17-10-8-13-5-2-3-7-15(13)16(18)19-11-9-14-6-4-12-20-14/h2-7,12,17H,8-11H2,1H3. The van der Waals surface area contributed by atoms with Gasteiger partial charge in [0.25, 0.3) is 0 Å². The molecule has 4 heteroatoms. The van der Waals surface area contributed by atoms with E-state index in [2.05, 4.69) is 11.4 Å². The largest absolute Gasteiger partial charge is 0.462 e. The molecule has 2 rings (SSSR count). The quantitative estimate of drug-likeness (QED) is 0.797. The first-order valence-corrected chi connectivity index (χ1v) is 7.61. The number of hydrogen-bond donors (Lipinski definition) is 1. The summed E-state index contributed by atoms with van der Waals surface area (Å²) in [5.41, 5.74) is 1.71. The number of carbonyl (C=O) groups excluding carboxylic acids is 1. The van der Waals surface area contributed by atoms with Gasteiger partial charge in [0.05, 0.1) is 12.2 Å². The number of benzene rings is 1. The van der Waals surface area contributed by atoms with Crippen molar-refractivity contribution in [1.82, 2.24) is 5.32 Å². The normalized spacial score (nSPS) is 10.4.